The number of aromatic nitrogens is 2. The van der Waals surface area contributed by atoms with Crippen LogP contribution in [0.3, 0.4) is 0 Å². The molecule has 0 spiro atoms. The quantitative estimate of drug-likeness (QED) is 0.601. The fourth-order valence-electron chi connectivity index (χ4n) is 4.34. The second-order valence-corrected chi connectivity index (χ2v) is 8.55. The standard InChI is InChI=1S/C24H27F3N4O/c1-16-6-5-8-19(17(16)2)28-22(32)15-30-12-10-18(11-13-30)14-31-21-9-4-3-7-20(21)29-23(31)24(25,26)27/h3-9,18H,10-15H2,1-2H3,(H,28,32). The number of benzene rings is 2. The summed E-state index contributed by atoms with van der Waals surface area (Å²) in [5, 5.41) is 2.97. The zero-order valence-electron chi connectivity index (χ0n) is 18.2. The number of piperidine rings is 1. The first-order valence-electron chi connectivity index (χ1n) is 10.8. The normalized spacial score (nSPS) is 15.9. The van der Waals surface area contributed by atoms with Crippen LogP contribution in [0.2, 0.25) is 0 Å². The Morgan fingerprint density at radius 3 is 2.53 bits per heavy atom. The number of hydrogen-bond acceptors (Lipinski definition) is 3. The Bertz CT molecular complexity index is 1110. The van der Waals surface area contributed by atoms with Crippen LogP contribution in [0.25, 0.3) is 11.0 Å². The van der Waals surface area contributed by atoms with E-state index >= 15 is 0 Å². The number of fused-ring (bicyclic) bond motifs is 1. The number of halogens is 3. The number of alkyl halides is 3. The zero-order valence-corrected chi connectivity index (χ0v) is 18.2. The van der Waals surface area contributed by atoms with Crippen molar-refractivity contribution in [3.8, 4) is 0 Å². The van der Waals surface area contributed by atoms with E-state index in [0.29, 0.717) is 24.1 Å². The van der Waals surface area contributed by atoms with Crippen molar-refractivity contribution in [1.82, 2.24) is 14.5 Å². The highest BCUT2D eigenvalue weighted by atomic mass is 19.4. The van der Waals surface area contributed by atoms with E-state index in [4.69, 9.17) is 0 Å². The van der Waals surface area contributed by atoms with Crippen molar-refractivity contribution >= 4 is 22.6 Å². The van der Waals surface area contributed by atoms with E-state index in [2.05, 4.69) is 15.2 Å². The topological polar surface area (TPSA) is 50.2 Å². The van der Waals surface area contributed by atoms with E-state index in [1.807, 2.05) is 32.0 Å². The zero-order chi connectivity index (χ0) is 22.9. The lowest BCUT2D eigenvalue weighted by molar-refractivity contribution is -0.147. The highest BCUT2D eigenvalue weighted by Crippen LogP contribution is 2.33. The first-order chi connectivity index (χ1) is 15.2. The fraction of sp³-hybridized carbons (Fsp3) is 0.417. The molecule has 2 heterocycles. The van der Waals surface area contributed by atoms with Crippen LogP contribution in [-0.2, 0) is 17.5 Å². The van der Waals surface area contributed by atoms with Crippen LogP contribution >= 0.6 is 0 Å². The maximum absolute atomic E-state index is 13.5. The Balaban J connectivity index is 1.37. The predicted octanol–water partition coefficient (Wildman–Crippen LogP) is 5.02. The SMILES string of the molecule is Cc1cccc(NC(=O)CN2CCC(Cn3c(C(F)(F)F)nc4ccccc43)CC2)c1C. The molecule has 1 aliphatic heterocycles. The number of carbonyl (C=O) groups is 1. The van der Waals surface area contributed by atoms with Gasteiger partial charge in [-0.1, -0.05) is 24.3 Å². The number of imidazole rings is 1. The Labute approximate surface area is 185 Å². The van der Waals surface area contributed by atoms with E-state index in [1.54, 1.807) is 24.3 Å². The fourth-order valence-corrected chi connectivity index (χ4v) is 4.34. The summed E-state index contributed by atoms with van der Waals surface area (Å²) >= 11 is 0. The van der Waals surface area contributed by atoms with Gasteiger partial charge in [-0.15, -0.1) is 0 Å². The van der Waals surface area contributed by atoms with Gasteiger partial charge in [-0.3, -0.25) is 9.69 Å². The molecule has 1 amide bonds. The second kappa shape index (κ2) is 8.94. The third kappa shape index (κ3) is 4.80. The highest BCUT2D eigenvalue weighted by molar-refractivity contribution is 5.93. The molecule has 32 heavy (non-hydrogen) atoms. The number of hydrogen-bond donors (Lipinski definition) is 1. The Hall–Kier alpha value is -2.87. The van der Waals surface area contributed by atoms with Gasteiger partial charge in [0.2, 0.25) is 11.7 Å². The summed E-state index contributed by atoms with van der Waals surface area (Å²) in [7, 11) is 0. The molecule has 8 heteroatoms. The Morgan fingerprint density at radius 2 is 1.81 bits per heavy atom. The van der Waals surface area contributed by atoms with Crippen molar-refractivity contribution in [3.63, 3.8) is 0 Å². The minimum absolute atomic E-state index is 0.0721. The van der Waals surface area contributed by atoms with Crippen LogP contribution in [-0.4, -0.2) is 40.0 Å². The number of amides is 1. The van der Waals surface area contributed by atoms with Crippen LogP contribution in [0.15, 0.2) is 42.5 Å². The smallest absolute Gasteiger partial charge is 0.325 e. The minimum atomic E-state index is -4.49. The molecule has 1 aromatic heterocycles. The van der Waals surface area contributed by atoms with Gasteiger partial charge in [-0.25, -0.2) is 4.98 Å². The molecular weight excluding hydrogens is 417 g/mol. The third-order valence-corrected chi connectivity index (χ3v) is 6.30. The molecule has 3 aromatic rings. The molecule has 1 aliphatic rings. The molecule has 0 radical (unpaired) electrons. The van der Waals surface area contributed by atoms with E-state index in [9.17, 15) is 18.0 Å². The van der Waals surface area contributed by atoms with Crippen molar-refractivity contribution in [2.75, 3.05) is 25.0 Å². The summed E-state index contributed by atoms with van der Waals surface area (Å²) in [5.41, 5.74) is 3.86. The Kier molecular flexibility index (Phi) is 6.24. The van der Waals surface area contributed by atoms with Crippen molar-refractivity contribution < 1.29 is 18.0 Å². The summed E-state index contributed by atoms with van der Waals surface area (Å²) in [4.78, 5) is 18.4. The van der Waals surface area contributed by atoms with Crippen LogP contribution < -0.4 is 5.32 Å². The molecule has 0 unspecified atom stereocenters. The first-order valence-corrected chi connectivity index (χ1v) is 10.8. The lowest BCUT2D eigenvalue weighted by atomic mass is 9.96. The lowest BCUT2D eigenvalue weighted by Crippen LogP contribution is -2.40. The summed E-state index contributed by atoms with van der Waals surface area (Å²) in [5.74, 6) is -0.807. The van der Waals surface area contributed by atoms with Gasteiger partial charge >= 0.3 is 6.18 Å². The van der Waals surface area contributed by atoms with Crippen LogP contribution in [0.4, 0.5) is 18.9 Å². The molecule has 4 rings (SSSR count). The van der Waals surface area contributed by atoms with Crippen molar-refractivity contribution in [2.24, 2.45) is 5.92 Å². The number of likely N-dealkylation sites (tertiary alicyclic amines) is 1. The van der Waals surface area contributed by atoms with E-state index in [1.165, 1.54) is 4.57 Å². The third-order valence-electron chi connectivity index (χ3n) is 6.30. The van der Waals surface area contributed by atoms with E-state index in [0.717, 1.165) is 29.7 Å². The van der Waals surface area contributed by atoms with Crippen molar-refractivity contribution in [1.29, 1.82) is 0 Å². The number of nitrogens with zero attached hydrogens (tertiary/aromatic N) is 3. The predicted molar refractivity (Wildman–Crippen MR) is 118 cm³/mol. The molecule has 1 N–H and O–H groups in total. The molecule has 5 nitrogen and oxygen atoms in total. The summed E-state index contributed by atoms with van der Waals surface area (Å²) in [6.45, 7) is 5.90. The number of nitrogens with one attached hydrogen (secondary N) is 1. The summed E-state index contributed by atoms with van der Waals surface area (Å²) < 4.78 is 41.9. The molecular formula is C24H27F3N4O. The van der Waals surface area contributed by atoms with Gasteiger partial charge in [-0.2, -0.15) is 13.2 Å². The molecule has 0 saturated carbocycles. The van der Waals surface area contributed by atoms with Gasteiger partial charge in [0.25, 0.3) is 0 Å². The molecule has 170 valence electrons. The minimum Gasteiger partial charge on any atom is -0.325 e. The van der Waals surface area contributed by atoms with E-state index in [-0.39, 0.29) is 24.9 Å². The molecule has 1 saturated heterocycles. The number of carbonyl (C=O) groups excluding carboxylic acids is 1. The molecule has 1 fully saturated rings. The highest BCUT2D eigenvalue weighted by Gasteiger charge is 2.38. The molecule has 2 aromatic carbocycles. The average molecular weight is 445 g/mol. The van der Waals surface area contributed by atoms with Gasteiger partial charge in [0.05, 0.1) is 17.6 Å². The molecule has 0 aliphatic carbocycles. The van der Waals surface area contributed by atoms with Crippen molar-refractivity contribution in [2.45, 2.75) is 39.4 Å². The van der Waals surface area contributed by atoms with Gasteiger partial charge in [0.1, 0.15) is 0 Å². The van der Waals surface area contributed by atoms with Gasteiger partial charge < -0.3 is 9.88 Å². The number of para-hydroxylation sites is 2. The average Bonchev–Trinajstić information content (AvgIpc) is 3.12. The van der Waals surface area contributed by atoms with Gasteiger partial charge in [0.15, 0.2) is 0 Å². The van der Waals surface area contributed by atoms with Crippen LogP contribution in [0, 0.1) is 19.8 Å². The largest absolute Gasteiger partial charge is 0.449 e. The van der Waals surface area contributed by atoms with Crippen LogP contribution in [0.1, 0.15) is 29.8 Å². The lowest BCUT2D eigenvalue weighted by Gasteiger charge is -2.32. The number of aryl methyl sites for hydroxylation is 1. The summed E-state index contributed by atoms with van der Waals surface area (Å²) in [6.07, 6.45) is -3.02. The van der Waals surface area contributed by atoms with Gasteiger partial charge in [0, 0.05) is 12.2 Å². The first kappa shape index (κ1) is 22.3. The summed E-state index contributed by atoms with van der Waals surface area (Å²) in [6, 6.07) is 12.5. The monoisotopic (exact) mass is 444 g/mol. The van der Waals surface area contributed by atoms with Crippen molar-refractivity contribution in [3.05, 3.63) is 59.4 Å². The van der Waals surface area contributed by atoms with Crippen LogP contribution in [0.5, 0.6) is 0 Å². The Morgan fingerprint density at radius 1 is 1.09 bits per heavy atom. The number of rotatable bonds is 5. The number of anilines is 1. The second-order valence-electron chi connectivity index (χ2n) is 8.55. The van der Waals surface area contributed by atoms with E-state index < -0.39 is 12.0 Å². The maximum Gasteiger partial charge on any atom is 0.449 e. The molecule has 0 bridgehead atoms. The maximum atomic E-state index is 13.5. The van der Waals surface area contributed by atoms with Gasteiger partial charge in [-0.05, 0) is 75.0 Å². The molecule has 0 atom stereocenters.